The lowest BCUT2D eigenvalue weighted by atomic mass is 10.00. The molecule has 3 rings (SSSR count). The molecule has 0 aliphatic carbocycles. The number of primary amides is 1. The first-order chi connectivity index (χ1) is 13.5. The fourth-order valence-electron chi connectivity index (χ4n) is 3.55. The maximum absolute atomic E-state index is 11.8. The van der Waals surface area contributed by atoms with Gasteiger partial charge in [-0.25, -0.2) is 4.79 Å². The van der Waals surface area contributed by atoms with Crippen LogP contribution in [0, 0.1) is 0 Å². The summed E-state index contributed by atoms with van der Waals surface area (Å²) in [6.45, 7) is 1.86. The van der Waals surface area contributed by atoms with Gasteiger partial charge in [-0.3, -0.25) is 4.79 Å². The van der Waals surface area contributed by atoms with Crippen LogP contribution in [0.2, 0.25) is 0 Å². The molecule has 0 saturated carbocycles. The second-order valence-electron chi connectivity index (χ2n) is 6.52. The molecular weight excluding hydrogens is 356 g/mol. The second kappa shape index (κ2) is 8.61. The smallest absolute Gasteiger partial charge is 0.343 e. The number of esters is 1. The highest BCUT2D eigenvalue weighted by Crippen LogP contribution is 2.33. The number of carbonyl (C=O) groups is 2. The van der Waals surface area contributed by atoms with Gasteiger partial charge in [0.2, 0.25) is 5.91 Å². The summed E-state index contributed by atoms with van der Waals surface area (Å²) < 4.78 is 12.4. The van der Waals surface area contributed by atoms with Crippen LogP contribution in [0.5, 0.6) is 5.75 Å². The zero-order chi connectivity index (χ0) is 20.1. The Bertz CT molecular complexity index is 993. The normalized spacial score (nSPS) is 10.8. The molecule has 0 aliphatic rings. The van der Waals surface area contributed by atoms with Gasteiger partial charge >= 0.3 is 5.97 Å². The van der Waals surface area contributed by atoms with Crippen LogP contribution >= 0.6 is 0 Å². The van der Waals surface area contributed by atoms with Gasteiger partial charge in [-0.2, -0.15) is 0 Å². The highest BCUT2D eigenvalue weighted by molar-refractivity contribution is 5.83. The Morgan fingerprint density at radius 1 is 1.07 bits per heavy atom. The summed E-state index contributed by atoms with van der Waals surface area (Å²) in [6.07, 6.45) is 3.52. The van der Waals surface area contributed by atoms with E-state index in [0.29, 0.717) is 12.2 Å². The molecular formula is C22H24N2O4. The minimum Gasteiger partial charge on any atom is -0.480 e. The largest absolute Gasteiger partial charge is 0.480 e. The van der Waals surface area contributed by atoms with Gasteiger partial charge in [-0.05, 0) is 35.2 Å². The monoisotopic (exact) mass is 380 g/mol. The van der Waals surface area contributed by atoms with Gasteiger partial charge in [0.25, 0.3) is 0 Å². The average molecular weight is 380 g/mol. The number of nitrogens with zero attached hydrogens (tertiary/aromatic N) is 1. The summed E-state index contributed by atoms with van der Waals surface area (Å²) in [5, 5.41) is 0. The number of carbonyl (C=O) groups excluding carboxylic acids is 2. The van der Waals surface area contributed by atoms with Crippen LogP contribution in [0.4, 0.5) is 0 Å². The fourth-order valence-corrected chi connectivity index (χ4v) is 3.55. The molecule has 6 nitrogen and oxygen atoms in total. The molecule has 3 aromatic rings. The number of methoxy groups -OCH3 is 1. The first-order valence-electron chi connectivity index (χ1n) is 9.20. The lowest BCUT2D eigenvalue weighted by Crippen LogP contribution is -2.15. The lowest BCUT2D eigenvalue weighted by Gasteiger charge is -2.10. The molecule has 0 bridgehead atoms. The average Bonchev–Trinajstić information content (AvgIpc) is 2.99. The Kier molecular flexibility index (Phi) is 5.99. The molecule has 0 fully saturated rings. The Labute approximate surface area is 163 Å². The predicted molar refractivity (Wildman–Crippen MR) is 106 cm³/mol. The third-order valence-electron chi connectivity index (χ3n) is 4.74. The van der Waals surface area contributed by atoms with Crippen molar-refractivity contribution in [1.29, 1.82) is 0 Å². The standard InChI is InChI=1S/C22H24N2O4/c1-3-16-17(13-20(23)25)22-19(28-14-21(26)27-2)10-7-11-24(22)18(16)12-15-8-5-4-6-9-15/h4-11H,3,12-14H2,1-2H3,(H2,23,25). The Hall–Kier alpha value is -3.28. The molecule has 2 heterocycles. The number of hydrogen-bond donors (Lipinski definition) is 1. The number of aromatic nitrogens is 1. The van der Waals surface area contributed by atoms with E-state index in [1.165, 1.54) is 12.7 Å². The van der Waals surface area contributed by atoms with Gasteiger partial charge < -0.3 is 19.6 Å². The summed E-state index contributed by atoms with van der Waals surface area (Å²) in [5.41, 5.74) is 10.5. The van der Waals surface area contributed by atoms with Crippen LogP contribution in [-0.4, -0.2) is 30.0 Å². The van der Waals surface area contributed by atoms with Gasteiger partial charge in [0.1, 0.15) is 5.75 Å². The van der Waals surface area contributed by atoms with Gasteiger partial charge in [0.15, 0.2) is 6.61 Å². The van der Waals surface area contributed by atoms with E-state index in [1.54, 1.807) is 6.07 Å². The van der Waals surface area contributed by atoms with Gasteiger partial charge in [0, 0.05) is 18.3 Å². The SMILES string of the molecule is CCc1c(CC(N)=O)c2c(OCC(=O)OC)cccn2c1Cc1ccccc1. The summed E-state index contributed by atoms with van der Waals surface area (Å²) in [5.74, 6) is -0.348. The second-order valence-corrected chi connectivity index (χ2v) is 6.52. The van der Waals surface area contributed by atoms with E-state index in [2.05, 4.69) is 23.8 Å². The molecule has 28 heavy (non-hydrogen) atoms. The Morgan fingerprint density at radius 3 is 2.46 bits per heavy atom. The first-order valence-corrected chi connectivity index (χ1v) is 9.20. The van der Waals surface area contributed by atoms with Crippen molar-refractivity contribution in [2.24, 2.45) is 5.73 Å². The van der Waals surface area contributed by atoms with Crippen LogP contribution in [0.3, 0.4) is 0 Å². The van der Waals surface area contributed by atoms with Crippen molar-refractivity contribution < 1.29 is 19.1 Å². The molecule has 1 aromatic carbocycles. The molecule has 146 valence electrons. The fraction of sp³-hybridized carbons (Fsp3) is 0.273. The topological polar surface area (TPSA) is 83.0 Å². The van der Waals surface area contributed by atoms with Crippen LogP contribution < -0.4 is 10.5 Å². The van der Waals surface area contributed by atoms with E-state index in [1.807, 2.05) is 34.9 Å². The number of amides is 1. The predicted octanol–water partition coefficient (Wildman–Crippen LogP) is 2.67. The molecule has 2 N–H and O–H groups in total. The Balaban J connectivity index is 2.16. The molecule has 0 spiro atoms. The molecule has 2 aromatic heterocycles. The number of fused-ring (bicyclic) bond motifs is 1. The number of hydrogen-bond acceptors (Lipinski definition) is 4. The van der Waals surface area contributed by atoms with E-state index in [4.69, 9.17) is 10.5 Å². The third-order valence-corrected chi connectivity index (χ3v) is 4.74. The number of benzene rings is 1. The van der Waals surface area contributed by atoms with E-state index in [9.17, 15) is 9.59 Å². The van der Waals surface area contributed by atoms with Gasteiger partial charge in [-0.1, -0.05) is 37.3 Å². The van der Waals surface area contributed by atoms with Crippen LogP contribution in [0.25, 0.3) is 5.52 Å². The van der Waals surface area contributed by atoms with Crippen molar-refractivity contribution in [3.63, 3.8) is 0 Å². The molecule has 0 atom stereocenters. The molecule has 6 heteroatoms. The van der Waals surface area contributed by atoms with Gasteiger partial charge in [0.05, 0.1) is 19.0 Å². The summed E-state index contributed by atoms with van der Waals surface area (Å²) >= 11 is 0. The lowest BCUT2D eigenvalue weighted by molar-refractivity contribution is -0.142. The maximum Gasteiger partial charge on any atom is 0.343 e. The molecule has 0 unspecified atom stereocenters. The molecule has 1 amide bonds. The minimum atomic E-state index is -0.467. The molecule has 0 aliphatic heterocycles. The number of ether oxygens (including phenoxy) is 2. The highest BCUT2D eigenvalue weighted by Gasteiger charge is 2.21. The number of nitrogens with two attached hydrogens (primary N) is 1. The quantitative estimate of drug-likeness (QED) is 0.609. The molecule has 0 saturated heterocycles. The number of rotatable bonds is 8. The van der Waals surface area contributed by atoms with Crippen LogP contribution in [-0.2, 0) is 33.6 Å². The van der Waals surface area contributed by atoms with Crippen molar-refractivity contribution in [2.45, 2.75) is 26.2 Å². The number of pyridine rings is 1. The van der Waals surface area contributed by atoms with E-state index in [0.717, 1.165) is 28.8 Å². The Morgan fingerprint density at radius 2 is 1.82 bits per heavy atom. The van der Waals surface area contributed by atoms with Crippen LogP contribution in [0.1, 0.15) is 29.3 Å². The van der Waals surface area contributed by atoms with Crippen molar-refractivity contribution in [1.82, 2.24) is 4.40 Å². The van der Waals surface area contributed by atoms with Crippen molar-refractivity contribution in [2.75, 3.05) is 13.7 Å². The van der Waals surface area contributed by atoms with E-state index in [-0.39, 0.29) is 13.0 Å². The third kappa shape index (κ3) is 4.01. The van der Waals surface area contributed by atoms with Crippen molar-refractivity contribution >= 4 is 17.4 Å². The van der Waals surface area contributed by atoms with Gasteiger partial charge in [-0.15, -0.1) is 0 Å². The summed E-state index contributed by atoms with van der Waals surface area (Å²) in [4.78, 5) is 23.3. The van der Waals surface area contributed by atoms with Crippen molar-refractivity contribution in [3.05, 3.63) is 71.0 Å². The zero-order valence-electron chi connectivity index (χ0n) is 16.1. The zero-order valence-corrected chi connectivity index (χ0v) is 16.1. The summed E-state index contributed by atoms with van der Waals surface area (Å²) in [6, 6.07) is 13.8. The first kappa shape index (κ1) is 19.5. The minimum absolute atomic E-state index is 0.111. The van der Waals surface area contributed by atoms with Crippen LogP contribution in [0.15, 0.2) is 48.7 Å². The van der Waals surface area contributed by atoms with E-state index < -0.39 is 11.9 Å². The van der Waals surface area contributed by atoms with Crippen molar-refractivity contribution in [3.8, 4) is 5.75 Å². The summed E-state index contributed by atoms with van der Waals surface area (Å²) in [7, 11) is 1.31. The van der Waals surface area contributed by atoms with E-state index >= 15 is 0 Å². The molecule has 0 radical (unpaired) electrons. The highest BCUT2D eigenvalue weighted by atomic mass is 16.6. The maximum atomic E-state index is 11.8.